The van der Waals surface area contributed by atoms with E-state index in [1.54, 1.807) is 0 Å². The van der Waals surface area contributed by atoms with Crippen LogP contribution < -0.4 is 4.90 Å². The van der Waals surface area contributed by atoms with Crippen LogP contribution in [-0.2, 0) is 4.79 Å². The van der Waals surface area contributed by atoms with Crippen LogP contribution >= 0.6 is 11.8 Å². The molecule has 2 atom stereocenters. The van der Waals surface area contributed by atoms with Gasteiger partial charge in [-0.15, -0.1) is 10.2 Å². The van der Waals surface area contributed by atoms with Gasteiger partial charge in [-0.1, -0.05) is 25.6 Å². The van der Waals surface area contributed by atoms with Crippen molar-refractivity contribution in [2.45, 2.75) is 39.3 Å². The minimum absolute atomic E-state index is 0.145. The molecule has 0 aliphatic carbocycles. The Morgan fingerprint density at radius 1 is 1.14 bits per heavy atom. The van der Waals surface area contributed by atoms with Crippen molar-refractivity contribution in [1.29, 1.82) is 0 Å². The molecule has 2 unspecified atom stereocenters. The van der Waals surface area contributed by atoms with Crippen molar-refractivity contribution in [3.63, 3.8) is 0 Å². The predicted octanol–water partition coefficient (Wildman–Crippen LogP) is 4.18. The second-order valence-electron chi connectivity index (χ2n) is 7.63. The zero-order valence-electron chi connectivity index (χ0n) is 17.2. The van der Waals surface area contributed by atoms with Gasteiger partial charge in [-0.3, -0.25) is 4.79 Å². The lowest BCUT2D eigenvalue weighted by Crippen LogP contribution is -2.43. The number of likely N-dealkylation sites (tertiary alicyclic amines) is 1. The molecular formula is C21H30N4O2S. The lowest BCUT2D eigenvalue weighted by Gasteiger charge is -2.34. The molecule has 2 heterocycles. The number of amides is 1. The third-order valence-corrected chi connectivity index (χ3v) is 5.99. The van der Waals surface area contributed by atoms with Crippen molar-refractivity contribution in [2.75, 3.05) is 36.8 Å². The first-order valence-electron chi connectivity index (χ1n) is 10.1. The zero-order chi connectivity index (χ0) is 20.1. The van der Waals surface area contributed by atoms with Crippen LogP contribution in [0.4, 0.5) is 5.69 Å². The van der Waals surface area contributed by atoms with E-state index in [9.17, 15) is 4.79 Å². The van der Waals surface area contributed by atoms with Crippen molar-refractivity contribution in [1.82, 2.24) is 15.1 Å². The average molecular weight is 403 g/mol. The number of benzene rings is 1. The molecule has 0 spiro atoms. The Kier molecular flexibility index (Phi) is 6.99. The van der Waals surface area contributed by atoms with Gasteiger partial charge in [-0.2, -0.15) is 0 Å². The molecule has 3 rings (SSSR count). The van der Waals surface area contributed by atoms with Crippen molar-refractivity contribution < 1.29 is 9.21 Å². The van der Waals surface area contributed by atoms with Crippen molar-refractivity contribution >= 4 is 23.4 Å². The fourth-order valence-corrected chi connectivity index (χ4v) is 4.54. The first-order chi connectivity index (χ1) is 13.5. The average Bonchev–Trinajstić information content (AvgIpc) is 3.16. The molecule has 0 bridgehead atoms. The Morgan fingerprint density at radius 2 is 1.79 bits per heavy atom. The number of thioether (sulfide) groups is 1. The van der Waals surface area contributed by atoms with Crippen LogP contribution in [0.3, 0.4) is 0 Å². The molecule has 7 heteroatoms. The Labute approximate surface area is 171 Å². The summed E-state index contributed by atoms with van der Waals surface area (Å²) in [4.78, 5) is 16.8. The van der Waals surface area contributed by atoms with Gasteiger partial charge in [0.25, 0.3) is 5.22 Å². The minimum Gasteiger partial charge on any atom is -0.411 e. The van der Waals surface area contributed by atoms with Crippen LogP contribution in [0.1, 0.15) is 34.1 Å². The summed E-state index contributed by atoms with van der Waals surface area (Å²) in [6.07, 6.45) is 1.19. The molecule has 0 saturated carbocycles. The van der Waals surface area contributed by atoms with Gasteiger partial charge in [0.05, 0.1) is 5.75 Å². The smallest absolute Gasteiger partial charge is 0.277 e. The molecule has 6 nitrogen and oxygen atoms in total. The van der Waals surface area contributed by atoms with Gasteiger partial charge in [0.1, 0.15) is 0 Å². The van der Waals surface area contributed by atoms with Crippen molar-refractivity contribution in [3.05, 3.63) is 24.3 Å². The minimum atomic E-state index is 0.145. The van der Waals surface area contributed by atoms with E-state index in [4.69, 9.17) is 4.42 Å². The molecule has 1 saturated heterocycles. The summed E-state index contributed by atoms with van der Waals surface area (Å²) in [6.45, 7) is 12.3. The molecule has 0 N–H and O–H groups in total. The van der Waals surface area contributed by atoms with Gasteiger partial charge >= 0.3 is 0 Å². The Morgan fingerprint density at radius 3 is 2.39 bits per heavy atom. The van der Waals surface area contributed by atoms with E-state index in [2.05, 4.69) is 54.9 Å². The fraction of sp³-hybridized carbons (Fsp3) is 0.571. The molecule has 2 aromatic rings. The molecule has 0 radical (unpaired) electrons. The van der Waals surface area contributed by atoms with Crippen LogP contribution in [0.2, 0.25) is 0 Å². The van der Waals surface area contributed by atoms with E-state index in [0.29, 0.717) is 28.7 Å². The Balaban J connectivity index is 1.57. The van der Waals surface area contributed by atoms with Gasteiger partial charge in [-0.25, -0.2) is 0 Å². The Bertz CT molecular complexity index is 763. The Hall–Kier alpha value is -2.02. The normalized spacial score (nSPS) is 19.6. The summed E-state index contributed by atoms with van der Waals surface area (Å²) in [5.41, 5.74) is 2.07. The van der Waals surface area contributed by atoms with E-state index in [0.717, 1.165) is 31.7 Å². The zero-order valence-corrected chi connectivity index (χ0v) is 18.0. The van der Waals surface area contributed by atoms with Gasteiger partial charge in [0.2, 0.25) is 11.8 Å². The van der Waals surface area contributed by atoms with Gasteiger partial charge < -0.3 is 14.2 Å². The number of aromatic nitrogens is 2. The van der Waals surface area contributed by atoms with Crippen LogP contribution in [0, 0.1) is 11.8 Å². The number of piperidine rings is 1. The monoisotopic (exact) mass is 402 g/mol. The molecule has 1 amide bonds. The first kappa shape index (κ1) is 20.7. The highest BCUT2D eigenvalue weighted by Gasteiger charge is 2.25. The maximum Gasteiger partial charge on any atom is 0.277 e. The largest absolute Gasteiger partial charge is 0.411 e. The first-order valence-corrected chi connectivity index (χ1v) is 11.1. The van der Waals surface area contributed by atoms with Gasteiger partial charge in [0.15, 0.2) is 0 Å². The number of anilines is 1. The summed E-state index contributed by atoms with van der Waals surface area (Å²) < 4.78 is 5.76. The van der Waals surface area contributed by atoms with Gasteiger partial charge in [-0.05, 0) is 56.4 Å². The molecular weight excluding hydrogens is 372 g/mol. The highest BCUT2D eigenvalue weighted by molar-refractivity contribution is 7.99. The quantitative estimate of drug-likeness (QED) is 0.648. The number of hydrogen-bond acceptors (Lipinski definition) is 6. The van der Waals surface area contributed by atoms with Crippen molar-refractivity contribution in [3.8, 4) is 11.5 Å². The SMILES string of the molecule is CCN(CC)c1ccc(-c2nnc(SCC(=O)N3CC(C)CC(C)C3)o2)cc1. The molecule has 1 aliphatic rings. The lowest BCUT2D eigenvalue weighted by atomic mass is 9.92. The molecule has 1 aliphatic heterocycles. The highest BCUT2D eigenvalue weighted by Crippen LogP contribution is 2.26. The van der Waals surface area contributed by atoms with E-state index >= 15 is 0 Å². The number of carbonyl (C=O) groups excluding carboxylic acids is 1. The van der Waals surface area contributed by atoms with Crippen LogP contribution in [0.5, 0.6) is 0 Å². The third-order valence-electron chi connectivity index (χ3n) is 5.19. The maximum absolute atomic E-state index is 12.5. The van der Waals surface area contributed by atoms with E-state index < -0.39 is 0 Å². The van der Waals surface area contributed by atoms with E-state index in [-0.39, 0.29) is 5.91 Å². The maximum atomic E-state index is 12.5. The second-order valence-corrected chi connectivity index (χ2v) is 8.55. The van der Waals surface area contributed by atoms with E-state index in [1.807, 2.05) is 17.0 Å². The standard InChI is InChI=1S/C21H30N4O2S/c1-5-24(6-2)18-9-7-17(8-10-18)20-22-23-21(27-20)28-14-19(26)25-12-15(3)11-16(4)13-25/h7-10,15-16H,5-6,11-14H2,1-4H3. The number of carbonyl (C=O) groups is 1. The number of hydrogen-bond donors (Lipinski definition) is 0. The highest BCUT2D eigenvalue weighted by atomic mass is 32.2. The fourth-order valence-electron chi connectivity index (χ4n) is 3.87. The van der Waals surface area contributed by atoms with Crippen LogP contribution in [0.25, 0.3) is 11.5 Å². The number of rotatable bonds is 7. The summed E-state index contributed by atoms with van der Waals surface area (Å²) in [6, 6.07) is 8.14. The molecule has 1 aromatic heterocycles. The van der Waals surface area contributed by atoms with Crippen molar-refractivity contribution in [2.24, 2.45) is 11.8 Å². The molecule has 1 fully saturated rings. The lowest BCUT2D eigenvalue weighted by molar-refractivity contribution is -0.130. The van der Waals surface area contributed by atoms with Crippen LogP contribution in [-0.4, -0.2) is 52.9 Å². The van der Waals surface area contributed by atoms with E-state index in [1.165, 1.54) is 23.9 Å². The molecule has 1 aromatic carbocycles. The summed E-state index contributed by atoms with van der Waals surface area (Å²) in [5, 5.41) is 8.67. The third kappa shape index (κ3) is 5.07. The van der Waals surface area contributed by atoms with Gasteiger partial charge in [0, 0.05) is 37.4 Å². The topological polar surface area (TPSA) is 62.5 Å². The number of nitrogens with zero attached hydrogens (tertiary/aromatic N) is 4. The summed E-state index contributed by atoms with van der Waals surface area (Å²) in [5.74, 6) is 2.09. The van der Waals surface area contributed by atoms with Crippen LogP contribution in [0.15, 0.2) is 33.9 Å². The summed E-state index contributed by atoms with van der Waals surface area (Å²) >= 11 is 1.32. The predicted molar refractivity (Wildman–Crippen MR) is 114 cm³/mol. The molecule has 152 valence electrons. The second kappa shape index (κ2) is 9.45. The molecule has 28 heavy (non-hydrogen) atoms. The summed E-state index contributed by atoms with van der Waals surface area (Å²) in [7, 11) is 0.